The second-order valence-corrected chi connectivity index (χ2v) is 6.05. The third-order valence-corrected chi connectivity index (χ3v) is 4.19. The number of fused-ring (bicyclic) bond motifs is 1. The third kappa shape index (κ3) is 3.68. The Morgan fingerprint density at radius 2 is 1.86 bits per heavy atom. The predicted molar refractivity (Wildman–Crippen MR) is 93.3 cm³/mol. The zero-order valence-electron chi connectivity index (χ0n) is 13.3. The minimum atomic E-state index is 0.444. The maximum Gasteiger partial charge on any atom is 0.136 e. The van der Waals surface area contributed by atoms with E-state index >= 15 is 0 Å². The van der Waals surface area contributed by atoms with Gasteiger partial charge in [0.05, 0.1) is 0 Å². The summed E-state index contributed by atoms with van der Waals surface area (Å²) < 4.78 is 0. The average Bonchev–Trinajstić information content (AvgIpc) is 2.50. The van der Waals surface area contributed by atoms with Gasteiger partial charge in [-0.3, -0.25) is 0 Å². The quantitative estimate of drug-likeness (QED) is 0.504. The lowest BCUT2D eigenvalue weighted by atomic mass is 10.1. The minimum absolute atomic E-state index is 0.444. The lowest BCUT2D eigenvalue weighted by molar-refractivity contribution is 0.622. The highest BCUT2D eigenvalue weighted by atomic mass is 35.5. The van der Waals surface area contributed by atoms with Crippen molar-refractivity contribution in [3.63, 3.8) is 0 Å². The van der Waals surface area contributed by atoms with Gasteiger partial charge in [0, 0.05) is 30.0 Å². The summed E-state index contributed by atoms with van der Waals surface area (Å²) in [4.78, 5) is 7.13. The van der Waals surface area contributed by atoms with Crippen molar-refractivity contribution in [3.05, 3.63) is 36.0 Å². The van der Waals surface area contributed by atoms with E-state index in [0.29, 0.717) is 11.9 Å². The Bertz CT molecular complexity index is 580. The molecule has 2 aromatic rings. The molecule has 2 rings (SSSR count). The van der Waals surface area contributed by atoms with Gasteiger partial charge in [-0.1, -0.05) is 44.0 Å². The highest BCUT2D eigenvalue weighted by Gasteiger charge is 2.15. The SMILES string of the molecule is CCCCCN(c1ncc(CCl)c2ccccc12)C(C)C. The van der Waals surface area contributed by atoms with Crippen LogP contribution in [0.4, 0.5) is 5.82 Å². The van der Waals surface area contributed by atoms with Crippen molar-refractivity contribution in [2.75, 3.05) is 11.4 Å². The van der Waals surface area contributed by atoms with Crippen molar-refractivity contribution in [2.45, 2.75) is 52.0 Å². The molecule has 0 aliphatic rings. The molecule has 0 saturated heterocycles. The minimum Gasteiger partial charge on any atom is -0.354 e. The molecule has 1 heterocycles. The lowest BCUT2D eigenvalue weighted by Crippen LogP contribution is -2.32. The molecule has 0 atom stereocenters. The molecule has 0 aliphatic carbocycles. The first kappa shape index (κ1) is 16.1. The van der Waals surface area contributed by atoms with Crippen molar-refractivity contribution in [1.82, 2.24) is 4.98 Å². The van der Waals surface area contributed by atoms with Gasteiger partial charge in [0.25, 0.3) is 0 Å². The number of halogens is 1. The zero-order valence-corrected chi connectivity index (χ0v) is 14.0. The van der Waals surface area contributed by atoms with Crippen LogP contribution in [0.25, 0.3) is 10.8 Å². The number of aromatic nitrogens is 1. The molecule has 0 N–H and O–H groups in total. The molecule has 0 bridgehead atoms. The van der Waals surface area contributed by atoms with Crippen molar-refractivity contribution < 1.29 is 0 Å². The highest BCUT2D eigenvalue weighted by molar-refractivity contribution is 6.18. The Kier molecular flexibility index (Phi) is 5.86. The smallest absolute Gasteiger partial charge is 0.136 e. The van der Waals surface area contributed by atoms with Crippen LogP contribution in [0.2, 0.25) is 0 Å². The van der Waals surface area contributed by atoms with Crippen LogP contribution in [-0.2, 0) is 5.88 Å². The van der Waals surface area contributed by atoms with Crippen molar-refractivity contribution in [3.8, 4) is 0 Å². The van der Waals surface area contributed by atoms with Crippen LogP contribution in [0.3, 0.4) is 0 Å². The molecule has 0 saturated carbocycles. The molecule has 1 aromatic carbocycles. The summed E-state index contributed by atoms with van der Waals surface area (Å²) in [5, 5.41) is 2.43. The topological polar surface area (TPSA) is 16.1 Å². The number of benzene rings is 1. The summed E-state index contributed by atoms with van der Waals surface area (Å²) in [7, 11) is 0. The zero-order chi connectivity index (χ0) is 15.2. The molecule has 0 aliphatic heterocycles. The van der Waals surface area contributed by atoms with E-state index < -0.39 is 0 Å². The first-order chi connectivity index (χ1) is 10.2. The number of hydrogen-bond acceptors (Lipinski definition) is 2. The lowest BCUT2D eigenvalue weighted by Gasteiger charge is -2.29. The van der Waals surface area contributed by atoms with Crippen LogP contribution in [0.1, 0.15) is 45.6 Å². The second kappa shape index (κ2) is 7.65. The van der Waals surface area contributed by atoms with Gasteiger partial charge in [-0.05, 0) is 31.2 Å². The standard InChI is InChI=1S/C18H25ClN2/c1-4-5-8-11-21(14(2)3)18-17-10-7-6-9-16(17)15(12-19)13-20-18/h6-7,9-10,13-14H,4-5,8,11-12H2,1-3H3. The van der Waals surface area contributed by atoms with Crippen LogP contribution in [0.15, 0.2) is 30.5 Å². The maximum absolute atomic E-state index is 6.05. The normalized spacial score (nSPS) is 11.3. The molecule has 114 valence electrons. The fraction of sp³-hybridized carbons (Fsp3) is 0.500. The number of anilines is 1. The van der Waals surface area contributed by atoms with E-state index in [4.69, 9.17) is 16.6 Å². The molecule has 0 radical (unpaired) electrons. The molecular formula is C18H25ClN2. The van der Waals surface area contributed by atoms with Gasteiger partial charge in [-0.15, -0.1) is 11.6 Å². The monoisotopic (exact) mass is 304 g/mol. The summed E-state index contributed by atoms with van der Waals surface area (Å²) >= 11 is 6.05. The van der Waals surface area contributed by atoms with E-state index in [9.17, 15) is 0 Å². The Hall–Kier alpha value is -1.28. The van der Waals surface area contributed by atoms with Crippen molar-refractivity contribution in [2.24, 2.45) is 0 Å². The van der Waals surface area contributed by atoms with E-state index in [-0.39, 0.29) is 0 Å². The van der Waals surface area contributed by atoms with Gasteiger partial charge < -0.3 is 4.90 Å². The first-order valence-corrected chi connectivity index (χ1v) is 8.41. The number of nitrogens with zero attached hydrogens (tertiary/aromatic N) is 2. The summed E-state index contributed by atoms with van der Waals surface area (Å²) in [6.07, 6.45) is 5.65. The summed E-state index contributed by atoms with van der Waals surface area (Å²) in [6.45, 7) is 7.76. The maximum atomic E-state index is 6.05. The molecule has 0 spiro atoms. The van der Waals surface area contributed by atoms with Crippen LogP contribution in [0.5, 0.6) is 0 Å². The Labute approximate surface area is 133 Å². The van der Waals surface area contributed by atoms with Gasteiger partial charge in [-0.25, -0.2) is 4.98 Å². The van der Waals surface area contributed by atoms with E-state index in [1.807, 2.05) is 6.20 Å². The average molecular weight is 305 g/mol. The fourth-order valence-corrected chi connectivity index (χ4v) is 2.93. The van der Waals surface area contributed by atoms with Gasteiger partial charge in [-0.2, -0.15) is 0 Å². The Balaban J connectivity index is 2.43. The van der Waals surface area contributed by atoms with E-state index in [0.717, 1.165) is 17.9 Å². The highest BCUT2D eigenvalue weighted by Crippen LogP contribution is 2.29. The molecule has 0 fully saturated rings. The molecular weight excluding hydrogens is 280 g/mol. The molecule has 2 nitrogen and oxygen atoms in total. The molecule has 1 aromatic heterocycles. The first-order valence-electron chi connectivity index (χ1n) is 7.88. The van der Waals surface area contributed by atoms with Gasteiger partial charge >= 0.3 is 0 Å². The molecule has 21 heavy (non-hydrogen) atoms. The van der Waals surface area contributed by atoms with Gasteiger partial charge in [0.15, 0.2) is 0 Å². The molecule has 0 unspecified atom stereocenters. The molecule has 0 amide bonds. The molecule has 3 heteroatoms. The van der Waals surface area contributed by atoms with Crippen molar-refractivity contribution >= 4 is 28.2 Å². The Morgan fingerprint density at radius 3 is 2.48 bits per heavy atom. The fourth-order valence-electron chi connectivity index (χ4n) is 2.71. The number of unbranched alkanes of at least 4 members (excludes halogenated alkanes) is 2. The summed E-state index contributed by atoms with van der Waals surface area (Å²) in [5.74, 6) is 1.59. The Morgan fingerprint density at radius 1 is 1.14 bits per heavy atom. The number of pyridine rings is 1. The van der Waals surface area contributed by atoms with E-state index in [1.54, 1.807) is 0 Å². The van der Waals surface area contributed by atoms with Crippen LogP contribution in [-0.4, -0.2) is 17.6 Å². The largest absolute Gasteiger partial charge is 0.354 e. The van der Waals surface area contributed by atoms with Crippen LogP contribution >= 0.6 is 11.6 Å². The van der Waals surface area contributed by atoms with E-state index in [1.165, 1.54) is 30.0 Å². The van der Waals surface area contributed by atoms with Crippen molar-refractivity contribution in [1.29, 1.82) is 0 Å². The second-order valence-electron chi connectivity index (χ2n) is 5.78. The number of hydrogen-bond donors (Lipinski definition) is 0. The van der Waals surface area contributed by atoms with Gasteiger partial charge in [0.1, 0.15) is 5.82 Å². The number of rotatable bonds is 7. The predicted octanol–water partition coefficient (Wildman–Crippen LogP) is 5.38. The van der Waals surface area contributed by atoms with Crippen LogP contribution in [0, 0.1) is 0 Å². The van der Waals surface area contributed by atoms with Gasteiger partial charge in [0.2, 0.25) is 0 Å². The summed E-state index contributed by atoms with van der Waals surface area (Å²) in [5.41, 5.74) is 1.10. The number of alkyl halides is 1. The van der Waals surface area contributed by atoms with E-state index in [2.05, 4.69) is 49.9 Å². The third-order valence-electron chi connectivity index (χ3n) is 3.90. The summed E-state index contributed by atoms with van der Waals surface area (Å²) in [6, 6.07) is 8.89. The van der Waals surface area contributed by atoms with Crippen LogP contribution < -0.4 is 4.90 Å².